The Morgan fingerprint density at radius 1 is 1.11 bits per heavy atom. The Hall–Kier alpha value is -3.88. The third kappa shape index (κ3) is 3.63. The number of hydrogen-bond acceptors (Lipinski definition) is 7. The van der Waals surface area contributed by atoms with E-state index < -0.39 is 29.7 Å². The van der Waals surface area contributed by atoms with E-state index in [9.17, 15) is 19.5 Å². The first-order valence-corrected chi connectivity index (χ1v) is 8.17. The Bertz CT molecular complexity index is 1120. The number of nitrogens with one attached hydrogen (secondary N) is 1. The van der Waals surface area contributed by atoms with E-state index in [4.69, 9.17) is 9.47 Å². The molecular weight excluding hydrogens is 366 g/mol. The molecule has 0 fully saturated rings. The summed E-state index contributed by atoms with van der Waals surface area (Å²) in [6, 6.07) is 10.9. The lowest BCUT2D eigenvalue weighted by Gasteiger charge is -2.13. The van der Waals surface area contributed by atoms with Gasteiger partial charge in [0.2, 0.25) is 5.91 Å². The van der Waals surface area contributed by atoms with Gasteiger partial charge in [-0.2, -0.15) is 5.10 Å². The number of fused-ring (bicyclic) bond motifs is 1. The van der Waals surface area contributed by atoms with Gasteiger partial charge in [0, 0.05) is 11.5 Å². The predicted octanol–water partition coefficient (Wildman–Crippen LogP) is 0.416. The van der Waals surface area contributed by atoms with Gasteiger partial charge in [0.25, 0.3) is 5.56 Å². The lowest BCUT2D eigenvalue weighted by molar-refractivity contribution is -0.255. The van der Waals surface area contributed by atoms with Gasteiger partial charge < -0.3 is 24.7 Å². The van der Waals surface area contributed by atoms with Gasteiger partial charge in [-0.3, -0.25) is 9.59 Å². The minimum Gasteiger partial charge on any atom is -0.543 e. The monoisotopic (exact) mass is 382 g/mol. The molecule has 1 aromatic heterocycles. The van der Waals surface area contributed by atoms with Crippen molar-refractivity contribution in [2.75, 3.05) is 19.5 Å². The number of carboxylic acids is 1. The predicted molar refractivity (Wildman–Crippen MR) is 98.5 cm³/mol. The van der Waals surface area contributed by atoms with Crippen molar-refractivity contribution in [3.63, 3.8) is 0 Å². The third-order valence-corrected chi connectivity index (χ3v) is 4.04. The highest BCUT2D eigenvalue weighted by Gasteiger charge is 2.15. The van der Waals surface area contributed by atoms with Crippen molar-refractivity contribution >= 4 is 28.3 Å². The number of anilines is 1. The van der Waals surface area contributed by atoms with Crippen molar-refractivity contribution in [3.05, 3.63) is 58.5 Å². The van der Waals surface area contributed by atoms with Crippen molar-refractivity contribution < 1.29 is 24.2 Å². The molecule has 1 amide bonds. The van der Waals surface area contributed by atoms with Crippen molar-refractivity contribution in [3.8, 4) is 11.5 Å². The Morgan fingerprint density at radius 3 is 2.46 bits per heavy atom. The van der Waals surface area contributed by atoms with E-state index in [1.54, 1.807) is 30.3 Å². The molecule has 0 atom stereocenters. The number of nitrogens with zero attached hydrogens (tertiary/aromatic N) is 2. The van der Waals surface area contributed by atoms with Gasteiger partial charge in [-0.15, -0.1) is 0 Å². The van der Waals surface area contributed by atoms with E-state index >= 15 is 0 Å². The molecule has 0 aliphatic rings. The first-order valence-electron chi connectivity index (χ1n) is 8.17. The first-order chi connectivity index (χ1) is 13.4. The Balaban J connectivity index is 1.95. The van der Waals surface area contributed by atoms with Crippen molar-refractivity contribution in [2.24, 2.45) is 0 Å². The smallest absolute Gasteiger partial charge is 0.275 e. The number of ether oxygens (including phenoxy) is 2. The van der Waals surface area contributed by atoms with E-state index in [0.717, 1.165) is 4.68 Å². The SMILES string of the molecule is COc1ccc(OC)c(NC(=O)Cn2nc(C(=O)[O-])c3ccccc3c2=O)c1. The van der Waals surface area contributed by atoms with Crippen LogP contribution in [0.25, 0.3) is 10.8 Å². The molecule has 0 saturated heterocycles. The number of hydrogen-bond donors (Lipinski definition) is 1. The number of aromatic nitrogens is 2. The van der Waals surface area contributed by atoms with Crippen LogP contribution < -0.4 is 25.5 Å². The normalized spacial score (nSPS) is 10.5. The van der Waals surface area contributed by atoms with Crippen LogP contribution >= 0.6 is 0 Å². The molecule has 9 heteroatoms. The zero-order valence-electron chi connectivity index (χ0n) is 15.1. The maximum absolute atomic E-state index is 12.6. The van der Waals surface area contributed by atoms with Crippen LogP contribution in [0.2, 0.25) is 0 Å². The third-order valence-electron chi connectivity index (χ3n) is 4.04. The summed E-state index contributed by atoms with van der Waals surface area (Å²) in [4.78, 5) is 36.4. The summed E-state index contributed by atoms with van der Waals surface area (Å²) in [5.41, 5.74) is -0.670. The highest BCUT2D eigenvalue weighted by molar-refractivity contribution is 6.00. The van der Waals surface area contributed by atoms with Gasteiger partial charge in [0.15, 0.2) is 0 Å². The molecule has 9 nitrogen and oxygen atoms in total. The Labute approximate surface area is 159 Å². The summed E-state index contributed by atoms with van der Waals surface area (Å²) in [6.07, 6.45) is 0. The molecule has 0 aliphatic carbocycles. The fourth-order valence-electron chi connectivity index (χ4n) is 2.73. The van der Waals surface area contributed by atoms with Gasteiger partial charge in [0.05, 0.1) is 31.3 Å². The largest absolute Gasteiger partial charge is 0.543 e. The molecule has 0 saturated carbocycles. The van der Waals surface area contributed by atoms with Gasteiger partial charge in [-0.25, -0.2) is 4.68 Å². The molecule has 2 aromatic carbocycles. The minimum absolute atomic E-state index is 0.128. The molecule has 0 spiro atoms. The van der Waals surface area contributed by atoms with Gasteiger partial charge in [-0.1, -0.05) is 18.2 Å². The minimum atomic E-state index is -1.54. The molecule has 28 heavy (non-hydrogen) atoms. The molecule has 3 rings (SSSR count). The second kappa shape index (κ2) is 7.78. The summed E-state index contributed by atoms with van der Waals surface area (Å²) in [6.45, 7) is -0.496. The number of amides is 1. The van der Waals surface area contributed by atoms with Gasteiger partial charge in [0.1, 0.15) is 23.7 Å². The molecule has 0 bridgehead atoms. The number of carbonyl (C=O) groups is 2. The fraction of sp³-hybridized carbons (Fsp3) is 0.158. The molecule has 0 aliphatic heterocycles. The average Bonchev–Trinajstić information content (AvgIpc) is 2.69. The topological polar surface area (TPSA) is 123 Å². The van der Waals surface area contributed by atoms with Crippen LogP contribution in [0.4, 0.5) is 5.69 Å². The Kier molecular flexibility index (Phi) is 5.25. The molecule has 0 unspecified atom stereocenters. The summed E-state index contributed by atoms with van der Waals surface area (Å²) < 4.78 is 11.1. The zero-order valence-corrected chi connectivity index (χ0v) is 15.1. The highest BCUT2D eigenvalue weighted by Crippen LogP contribution is 2.28. The maximum Gasteiger partial charge on any atom is 0.275 e. The molecule has 1 N–H and O–H groups in total. The quantitative estimate of drug-likeness (QED) is 0.655. The summed E-state index contributed by atoms with van der Waals surface area (Å²) in [5, 5.41) is 18.1. The molecule has 144 valence electrons. The number of carbonyl (C=O) groups excluding carboxylic acids is 2. The second-order valence-corrected chi connectivity index (χ2v) is 5.76. The number of benzene rings is 2. The van der Waals surface area contributed by atoms with Gasteiger partial charge >= 0.3 is 0 Å². The van der Waals surface area contributed by atoms with Crippen LogP contribution in [0, 0.1) is 0 Å². The maximum atomic E-state index is 12.6. The average molecular weight is 382 g/mol. The van der Waals surface area contributed by atoms with Crippen molar-refractivity contribution in [1.29, 1.82) is 0 Å². The summed E-state index contributed by atoms with van der Waals surface area (Å²) in [7, 11) is 2.92. The number of methoxy groups -OCH3 is 2. The number of aromatic carboxylic acids is 1. The number of rotatable bonds is 6. The van der Waals surface area contributed by atoms with E-state index in [2.05, 4.69) is 10.4 Å². The molecule has 0 radical (unpaired) electrons. The summed E-state index contributed by atoms with van der Waals surface area (Å²) in [5.74, 6) is -1.25. The van der Waals surface area contributed by atoms with E-state index in [1.807, 2.05) is 0 Å². The van der Waals surface area contributed by atoms with Crippen molar-refractivity contribution in [2.45, 2.75) is 6.54 Å². The molecule has 1 heterocycles. The lowest BCUT2D eigenvalue weighted by Crippen LogP contribution is -2.34. The number of carboxylic acid groups (broad SMARTS) is 1. The van der Waals surface area contributed by atoms with Crippen LogP contribution in [-0.2, 0) is 11.3 Å². The standard InChI is InChI=1S/C19H17N3O6/c1-27-11-7-8-15(28-2)14(9-11)20-16(23)10-22-18(24)13-6-4-3-5-12(13)17(21-22)19(25)26/h3-9H,10H2,1-2H3,(H,20,23)(H,25,26)/p-1. The Morgan fingerprint density at radius 2 is 1.82 bits per heavy atom. The second-order valence-electron chi connectivity index (χ2n) is 5.76. The van der Waals surface area contributed by atoms with E-state index in [-0.39, 0.29) is 10.8 Å². The van der Waals surface area contributed by atoms with E-state index in [1.165, 1.54) is 26.4 Å². The fourth-order valence-corrected chi connectivity index (χ4v) is 2.73. The van der Waals surface area contributed by atoms with Crippen molar-refractivity contribution in [1.82, 2.24) is 9.78 Å². The van der Waals surface area contributed by atoms with Crippen LogP contribution in [-0.4, -0.2) is 35.9 Å². The van der Waals surface area contributed by atoms with E-state index in [0.29, 0.717) is 17.2 Å². The highest BCUT2D eigenvalue weighted by atomic mass is 16.5. The van der Waals surface area contributed by atoms with Crippen LogP contribution in [0.15, 0.2) is 47.3 Å². The first kappa shape index (κ1) is 18.9. The van der Waals surface area contributed by atoms with Crippen LogP contribution in [0.1, 0.15) is 10.5 Å². The van der Waals surface area contributed by atoms with Gasteiger partial charge in [-0.05, 0) is 18.2 Å². The van der Waals surface area contributed by atoms with Crippen LogP contribution in [0.5, 0.6) is 11.5 Å². The zero-order chi connectivity index (χ0) is 20.3. The van der Waals surface area contributed by atoms with Crippen LogP contribution in [0.3, 0.4) is 0 Å². The summed E-state index contributed by atoms with van der Waals surface area (Å²) >= 11 is 0. The molecular formula is C19H16N3O6-. The lowest BCUT2D eigenvalue weighted by atomic mass is 10.1. The molecule has 3 aromatic rings.